The van der Waals surface area contributed by atoms with Crippen molar-refractivity contribution in [2.45, 2.75) is 375 Å². The van der Waals surface area contributed by atoms with Gasteiger partial charge in [-0.2, -0.15) is 0 Å². The quantitative estimate of drug-likeness (QED) is 0.0310. The van der Waals surface area contributed by atoms with Crippen LogP contribution in [-0.4, -0.2) is 209 Å². The lowest BCUT2D eigenvalue weighted by atomic mass is 9.70. The second kappa shape index (κ2) is 70.1. The van der Waals surface area contributed by atoms with Crippen molar-refractivity contribution in [1.29, 1.82) is 0 Å². The maximum atomic E-state index is 11.8. The summed E-state index contributed by atoms with van der Waals surface area (Å²) in [5.41, 5.74) is 3.62. The summed E-state index contributed by atoms with van der Waals surface area (Å²) in [6.07, 6.45) is 91.3. The maximum Gasteiger partial charge on any atom is 0.253 e. The van der Waals surface area contributed by atoms with Crippen LogP contribution in [-0.2, 0) is 86.3 Å². The first kappa shape index (κ1) is 117. The molecule has 27 heteroatoms. The van der Waals surface area contributed by atoms with Gasteiger partial charge in [-0.15, -0.1) is 0 Å². The first-order chi connectivity index (χ1) is 66.3. The molecular formula is C110H163N9O18. The topological polar surface area (TPSA) is 336 Å². The molecule has 3 unspecified atom stereocenters. The highest BCUT2D eigenvalue weighted by atomic mass is 16.2. The fourth-order valence-corrected chi connectivity index (χ4v) is 18.3. The number of nitrogens with zero attached hydrogens (tertiary/aromatic N) is 9. The zero-order valence-electron chi connectivity index (χ0n) is 83.8. The smallest absolute Gasteiger partial charge is 0.253 e. The number of unbranched alkanes of at least 4 members (excludes halogenated alkanes) is 37. The molecule has 10 rings (SSSR count). The minimum absolute atomic E-state index is 0.128. The van der Waals surface area contributed by atoms with Crippen LogP contribution in [0.15, 0.2) is 133 Å². The third-order valence-electron chi connectivity index (χ3n) is 26.5. The molecule has 756 valence electrons. The molecule has 0 spiro atoms. The standard InChI is InChI=1S/C42H68N2O4.C22H37NO2.C20H28N2O4.C14H16N2O4.2C6H7NO2/c1-3-5-7-11-17-23-35-33-36(24-18-12-8-6-4-2)38(26-20-14-10-16-22-32-44-41(47)29-30-42(44)48)34-37(35)25-19-13-9-15-21-31-43-39(45)27-28-40(43)46;1-2-3-4-5-6-7-8-9-10-11-12-13-14-15-16-17-20-23-21(24)18-19-22(23)25;23-17-11-12-18(24)21(17)15-9-7-5-3-1-2-4-6-8-10-16-22-19(25)13-14-20(22)26;1-10(9-16-13(19)6-7-14(16)20)3-2-8-15-11(17)4-5-12(15)18;2*1-2-7-5(8)3-4-6(7)9/h27-30,35,37H,3-26,31-34H2,1-2H3;10-11,18-19H,2-9,12-17,20H2,1H3;11-14H,1-10,15-16H2;4-7,10H,2-3,8-9H2,1H3;2*3-4H,2H2,1H3/b;11-10+;;;;. The molecule has 18 amide bonds. The Balaban J connectivity index is 0.000000317. The van der Waals surface area contributed by atoms with E-state index < -0.39 is 0 Å². The van der Waals surface area contributed by atoms with Crippen molar-refractivity contribution in [3.63, 3.8) is 0 Å². The molecule has 0 radical (unpaired) electrons. The molecule has 1 aliphatic carbocycles. The van der Waals surface area contributed by atoms with Gasteiger partial charge in [-0.3, -0.25) is 130 Å². The average Bonchev–Trinajstić information content (AvgIpc) is 1.65. The van der Waals surface area contributed by atoms with E-state index in [1.807, 2.05) is 12.5 Å². The van der Waals surface area contributed by atoms with Crippen LogP contribution in [0.4, 0.5) is 0 Å². The van der Waals surface area contributed by atoms with E-state index in [-0.39, 0.29) is 112 Å². The van der Waals surface area contributed by atoms with E-state index >= 15 is 0 Å². The Kier molecular flexibility index (Phi) is 59.8. The molecule has 0 N–H and O–H groups in total. The SMILES string of the molecule is CC(CCCN1C(=O)C=CC1=O)CN1C(=O)C=CC1=O.CCCCCCCC1=C(CCCCCCCN2C(=O)C=CC2=O)CC(CCCCCCCN2C(=O)C=CC2=O)C(CCCCCCC)C1.CCCCCCCCC/C=C/CCCCCCCN1C(=O)C=CC1=O.CCN1C(=O)C=CC1=O.CCN1C(=O)C=CC1=O.O=C1C=CC(=O)N1CCCCCCCCCCCCN1C(=O)C=CC1=O. The molecule has 0 bridgehead atoms. The van der Waals surface area contributed by atoms with Crippen LogP contribution in [0.2, 0.25) is 0 Å². The zero-order chi connectivity index (χ0) is 99.8. The van der Waals surface area contributed by atoms with Crippen molar-refractivity contribution in [1.82, 2.24) is 44.1 Å². The number of imide groups is 9. The highest BCUT2D eigenvalue weighted by Crippen LogP contribution is 2.44. The Bertz CT molecular complexity index is 4030. The molecule has 0 aromatic carbocycles. The van der Waals surface area contributed by atoms with Gasteiger partial charge >= 0.3 is 0 Å². The van der Waals surface area contributed by atoms with Gasteiger partial charge in [0.2, 0.25) is 0 Å². The summed E-state index contributed by atoms with van der Waals surface area (Å²) in [7, 11) is 0. The monoisotopic (exact) mass is 1900 g/mol. The number of allylic oxidation sites excluding steroid dienone is 4. The van der Waals surface area contributed by atoms with Gasteiger partial charge in [0.1, 0.15) is 0 Å². The fourth-order valence-electron chi connectivity index (χ4n) is 18.3. The Hall–Kier alpha value is -10.6. The number of carbonyl (C=O) groups excluding carboxylic acids is 18. The summed E-state index contributed by atoms with van der Waals surface area (Å²) < 4.78 is 0. The van der Waals surface area contributed by atoms with E-state index in [1.165, 1.54) is 397 Å². The number of carbonyl (C=O) groups is 18. The van der Waals surface area contributed by atoms with Gasteiger partial charge < -0.3 is 0 Å². The van der Waals surface area contributed by atoms with Crippen LogP contribution in [0.5, 0.6) is 0 Å². The second-order valence-electron chi connectivity index (χ2n) is 37.4. The largest absolute Gasteiger partial charge is 0.276 e. The molecule has 0 saturated heterocycles. The van der Waals surface area contributed by atoms with E-state index in [9.17, 15) is 86.3 Å². The number of likely N-dealkylation sites (N-methyl/N-ethyl adjacent to an activating group) is 2. The molecular weight excluding hydrogens is 1740 g/mol. The summed E-state index contributed by atoms with van der Waals surface area (Å²) in [5.74, 6) is -1.89. The molecule has 9 aliphatic heterocycles. The molecule has 0 aromatic rings. The van der Waals surface area contributed by atoms with Crippen LogP contribution < -0.4 is 0 Å². The molecule has 0 aromatic heterocycles. The van der Waals surface area contributed by atoms with Crippen LogP contribution in [0, 0.1) is 17.8 Å². The second-order valence-corrected chi connectivity index (χ2v) is 37.4. The Morgan fingerprint density at radius 2 is 0.401 bits per heavy atom. The van der Waals surface area contributed by atoms with E-state index in [0.29, 0.717) is 65.3 Å². The summed E-state index contributed by atoms with van der Waals surface area (Å²) in [6.45, 7) is 16.7. The average molecular weight is 1900 g/mol. The molecule has 10 aliphatic rings. The molecule has 27 nitrogen and oxygen atoms in total. The fraction of sp³-hybridized carbons (Fsp3) is 0.636. The van der Waals surface area contributed by atoms with Crippen molar-refractivity contribution in [2.75, 3.05) is 58.9 Å². The van der Waals surface area contributed by atoms with Gasteiger partial charge in [-0.25, -0.2) is 0 Å². The van der Waals surface area contributed by atoms with Crippen molar-refractivity contribution >= 4 is 106 Å². The van der Waals surface area contributed by atoms with Crippen LogP contribution in [0.1, 0.15) is 375 Å². The molecule has 0 saturated carbocycles. The third kappa shape index (κ3) is 46.2. The number of amides is 18. The minimum Gasteiger partial charge on any atom is -0.276 e. The minimum atomic E-state index is -0.282. The normalized spacial score (nSPS) is 17.8. The van der Waals surface area contributed by atoms with E-state index in [0.717, 1.165) is 95.3 Å². The number of hydrogen-bond acceptors (Lipinski definition) is 18. The first-order valence-electron chi connectivity index (χ1n) is 52.5. The van der Waals surface area contributed by atoms with Crippen molar-refractivity contribution < 1.29 is 86.3 Å². The van der Waals surface area contributed by atoms with Crippen molar-refractivity contribution in [2.24, 2.45) is 17.8 Å². The van der Waals surface area contributed by atoms with Gasteiger partial charge in [0, 0.05) is 168 Å². The van der Waals surface area contributed by atoms with Crippen LogP contribution in [0.25, 0.3) is 0 Å². The van der Waals surface area contributed by atoms with E-state index in [4.69, 9.17) is 0 Å². The summed E-state index contributed by atoms with van der Waals surface area (Å²) in [6, 6.07) is 0. The molecule has 0 fully saturated rings. The molecule has 3 atom stereocenters. The third-order valence-corrected chi connectivity index (χ3v) is 26.5. The van der Waals surface area contributed by atoms with Crippen LogP contribution in [0.3, 0.4) is 0 Å². The lowest BCUT2D eigenvalue weighted by molar-refractivity contribution is -0.139. The lowest BCUT2D eigenvalue weighted by Crippen LogP contribution is -2.35. The summed E-state index contributed by atoms with van der Waals surface area (Å²) >= 11 is 0. The Labute approximate surface area is 817 Å². The van der Waals surface area contributed by atoms with E-state index in [1.54, 1.807) is 19.4 Å². The van der Waals surface area contributed by atoms with Crippen molar-refractivity contribution in [3.8, 4) is 0 Å². The van der Waals surface area contributed by atoms with Gasteiger partial charge in [0.05, 0.1) is 0 Å². The van der Waals surface area contributed by atoms with Crippen LogP contribution >= 0.6 is 0 Å². The number of hydrogen-bond donors (Lipinski definition) is 0. The predicted molar refractivity (Wildman–Crippen MR) is 534 cm³/mol. The molecule has 9 heterocycles. The number of rotatable bonds is 65. The Morgan fingerprint density at radius 1 is 0.219 bits per heavy atom. The van der Waals surface area contributed by atoms with Gasteiger partial charge in [-0.1, -0.05) is 263 Å². The summed E-state index contributed by atoms with van der Waals surface area (Å²) in [5, 5.41) is 0. The van der Waals surface area contributed by atoms with Gasteiger partial charge in [0.15, 0.2) is 0 Å². The van der Waals surface area contributed by atoms with E-state index in [2.05, 4.69) is 32.9 Å². The highest BCUT2D eigenvalue weighted by Gasteiger charge is 2.33. The molecule has 137 heavy (non-hydrogen) atoms. The van der Waals surface area contributed by atoms with Gasteiger partial charge in [-0.05, 0) is 154 Å². The van der Waals surface area contributed by atoms with Gasteiger partial charge in [0.25, 0.3) is 106 Å². The lowest BCUT2D eigenvalue weighted by Gasteiger charge is -2.36. The summed E-state index contributed by atoms with van der Waals surface area (Å²) in [4.78, 5) is 215. The zero-order valence-corrected chi connectivity index (χ0v) is 83.8. The predicted octanol–water partition coefficient (Wildman–Crippen LogP) is 19.4. The Morgan fingerprint density at radius 3 is 0.620 bits per heavy atom. The first-order valence-corrected chi connectivity index (χ1v) is 52.5. The highest BCUT2D eigenvalue weighted by molar-refractivity contribution is 6.17. The maximum absolute atomic E-state index is 11.8. The van der Waals surface area contributed by atoms with Crippen molar-refractivity contribution in [3.05, 3.63) is 133 Å².